The Labute approximate surface area is 178 Å². The van der Waals surface area contributed by atoms with E-state index in [1.165, 1.54) is 13.2 Å². The molecule has 3 aromatic rings. The Morgan fingerprint density at radius 1 is 1.16 bits per heavy atom. The number of hydrogen-bond donors (Lipinski definition) is 1. The summed E-state index contributed by atoms with van der Waals surface area (Å²) in [6, 6.07) is 18.8. The summed E-state index contributed by atoms with van der Waals surface area (Å²) < 4.78 is 21.8. The molecule has 0 radical (unpaired) electrons. The average molecular weight is 416 g/mol. The summed E-state index contributed by atoms with van der Waals surface area (Å²) in [6.45, 7) is 2.31. The van der Waals surface area contributed by atoms with Crippen LogP contribution in [0, 0.1) is 18.3 Å². The molecule has 0 amide bonds. The number of hydrogen-bond acceptors (Lipinski definition) is 7. The molecule has 0 bridgehead atoms. The van der Waals surface area contributed by atoms with Crippen LogP contribution in [0.15, 0.2) is 75.3 Å². The molecule has 1 aliphatic rings. The monoisotopic (exact) mass is 416 g/mol. The maximum absolute atomic E-state index is 12.7. The third kappa shape index (κ3) is 3.83. The van der Waals surface area contributed by atoms with Crippen LogP contribution in [0.1, 0.15) is 28.2 Å². The van der Waals surface area contributed by atoms with Gasteiger partial charge in [0.1, 0.15) is 29.7 Å². The largest absolute Gasteiger partial charge is 0.489 e. The molecule has 0 saturated carbocycles. The van der Waals surface area contributed by atoms with E-state index in [1.54, 1.807) is 0 Å². The first kappa shape index (κ1) is 20.1. The summed E-state index contributed by atoms with van der Waals surface area (Å²) in [4.78, 5) is 12.7. The second-order valence-electron chi connectivity index (χ2n) is 7.06. The van der Waals surface area contributed by atoms with Crippen molar-refractivity contribution in [3.8, 4) is 23.5 Å². The minimum absolute atomic E-state index is 0.00787. The first-order chi connectivity index (χ1) is 15.0. The van der Waals surface area contributed by atoms with Gasteiger partial charge in [-0.05, 0) is 29.7 Å². The van der Waals surface area contributed by atoms with E-state index >= 15 is 0 Å². The second-order valence-corrected chi connectivity index (χ2v) is 7.06. The molecule has 1 aliphatic heterocycles. The Morgan fingerprint density at radius 2 is 1.94 bits per heavy atom. The van der Waals surface area contributed by atoms with E-state index in [4.69, 9.17) is 24.4 Å². The quantitative estimate of drug-likeness (QED) is 0.675. The Morgan fingerprint density at radius 3 is 2.65 bits per heavy atom. The van der Waals surface area contributed by atoms with Crippen LogP contribution in [-0.2, 0) is 6.61 Å². The first-order valence-electron chi connectivity index (χ1n) is 9.58. The maximum Gasteiger partial charge on any atom is 0.346 e. The van der Waals surface area contributed by atoms with Crippen molar-refractivity contribution in [3.05, 3.63) is 98.7 Å². The second kappa shape index (κ2) is 8.28. The molecule has 1 unspecified atom stereocenters. The van der Waals surface area contributed by atoms with E-state index < -0.39 is 11.5 Å². The smallest absolute Gasteiger partial charge is 0.346 e. The third-order valence-electron chi connectivity index (χ3n) is 5.09. The molecule has 31 heavy (non-hydrogen) atoms. The summed E-state index contributed by atoms with van der Waals surface area (Å²) >= 11 is 0. The molecule has 156 valence electrons. The zero-order valence-electron chi connectivity index (χ0n) is 17.0. The first-order valence-corrected chi connectivity index (χ1v) is 9.58. The summed E-state index contributed by atoms with van der Waals surface area (Å²) in [6.07, 6.45) is 0. The van der Waals surface area contributed by atoms with Crippen molar-refractivity contribution in [2.45, 2.75) is 19.4 Å². The van der Waals surface area contributed by atoms with Crippen LogP contribution in [0.5, 0.6) is 17.4 Å². The van der Waals surface area contributed by atoms with Crippen LogP contribution in [0.25, 0.3) is 0 Å². The lowest BCUT2D eigenvalue weighted by Gasteiger charge is -2.25. The molecule has 0 saturated heterocycles. The van der Waals surface area contributed by atoms with Crippen LogP contribution in [-0.4, -0.2) is 7.11 Å². The van der Waals surface area contributed by atoms with Gasteiger partial charge in [-0.3, -0.25) is 0 Å². The van der Waals surface area contributed by atoms with Crippen LogP contribution in [0.3, 0.4) is 0 Å². The number of allylic oxidation sites excluding steroid dienone is 1. The van der Waals surface area contributed by atoms with Gasteiger partial charge < -0.3 is 24.4 Å². The van der Waals surface area contributed by atoms with E-state index in [2.05, 4.69) is 6.07 Å². The van der Waals surface area contributed by atoms with Crippen LogP contribution < -0.4 is 25.6 Å². The molecule has 7 heteroatoms. The van der Waals surface area contributed by atoms with Crippen molar-refractivity contribution in [1.82, 2.24) is 0 Å². The Kier molecular flexibility index (Phi) is 5.37. The fourth-order valence-corrected chi connectivity index (χ4v) is 3.51. The predicted octanol–water partition coefficient (Wildman–Crippen LogP) is 3.75. The van der Waals surface area contributed by atoms with Gasteiger partial charge >= 0.3 is 5.63 Å². The zero-order chi connectivity index (χ0) is 22.0. The zero-order valence-corrected chi connectivity index (χ0v) is 17.0. The maximum atomic E-state index is 12.7. The molecule has 4 rings (SSSR count). The predicted molar refractivity (Wildman–Crippen MR) is 113 cm³/mol. The van der Waals surface area contributed by atoms with Crippen molar-refractivity contribution in [3.63, 3.8) is 0 Å². The lowest BCUT2D eigenvalue weighted by molar-refractivity contribution is 0.274. The molecular weight excluding hydrogens is 396 g/mol. The number of rotatable bonds is 5. The number of nitrogens with two attached hydrogens (primary N) is 1. The highest BCUT2D eigenvalue weighted by molar-refractivity contribution is 5.56. The van der Waals surface area contributed by atoms with Crippen LogP contribution in [0.2, 0.25) is 0 Å². The highest BCUT2D eigenvalue weighted by Crippen LogP contribution is 2.42. The summed E-state index contributed by atoms with van der Waals surface area (Å²) in [7, 11) is 1.38. The summed E-state index contributed by atoms with van der Waals surface area (Å²) in [5.41, 5.74) is 8.27. The van der Waals surface area contributed by atoms with Crippen LogP contribution >= 0.6 is 0 Å². The van der Waals surface area contributed by atoms with E-state index in [0.717, 1.165) is 11.1 Å². The van der Waals surface area contributed by atoms with Gasteiger partial charge in [-0.2, -0.15) is 5.26 Å². The van der Waals surface area contributed by atoms with Gasteiger partial charge in [0.2, 0.25) is 5.88 Å². The van der Waals surface area contributed by atoms with Gasteiger partial charge in [-0.1, -0.05) is 42.5 Å². The SMILES string of the molecule is COc1cc2c(c(=O)o1)C(c1ccc(C)c(OCc3ccccc3)c1)C(C#N)=C(N)O2. The summed E-state index contributed by atoms with van der Waals surface area (Å²) in [5.74, 6) is 0.00662. The number of aryl methyl sites for hydroxylation is 1. The van der Waals surface area contributed by atoms with Crippen molar-refractivity contribution in [1.29, 1.82) is 5.26 Å². The van der Waals surface area contributed by atoms with E-state index in [1.807, 2.05) is 55.5 Å². The lowest BCUT2D eigenvalue weighted by Crippen LogP contribution is -2.26. The number of fused-ring (bicyclic) bond motifs is 1. The lowest BCUT2D eigenvalue weighted by atomic mass is 9.84. The van der Waals surface area contributed by atoms with Gasteiger partial charge in [0.15, 0.2) is 0 Å². The normalized spacial score (nSPS) is 14.9. The molecule has 2 N–H and O–H groups in total. The number of benzene rings is 2. The molecule has 7 nitrogen and oxygen atoms in total. The number of methoxy groups -OCH3 is 1. The molecule has 0 fully saturated rings. The topological polar surface area (TPSA) is 108 Å². The molecule has 2 heterocycles. The Balaban J connectivity index is 1.78. The molecule has 1 atom stereocenters. The van der Waals surface area contributed by atoms with Crippen molar-refractivity contribution < 1.29 is 18.6 Å². The highest BCUT2D eigenvalue weighted by Gasteiger charge is 2.35. The third-order valence-corrected chi connectivity index (χ3v) is 5.09. The van der Waals surface area contributed by atoms with Gasteiger partial charge in [0.25, 0.3) is 5.95 Å². The highest BCUT2D eigenvalue weighted by atomic mass is 16.6. The Hall–Kier alpha value is -4.18. The van der Waals surface area contributed by atoms with Crippen molar-refractivity contribution in [2.24, 2.45) is 5.73 Å². The van der Waals surface area contributed by atoms with E-state index in [-0.39, 0.29) is 28.7 Å². The number of nitriles is 1. The average Bonchev–Trinajstić information content (AvgIpc) is 2.78. The molecule has 0 aliphatic carbocycles. The molecule has 2 aromatic carbocycles. The van der Waals surface area contributed by atoms with Crippen molar-refractivity contribution >= 4 is 0 Å². The molecular formula is C24H20N2O5. The molecule has 0 spiro atoms. The standard InChI is InChI=1S/C24H20N2O5/c1-14-8-9-16(10-18(14)29-13-15-6-4-3-5-7-15)21-17(12-25)23(26)30-19-11-20(28-2)31-24(27)22(19)21/h3-11,21H,13,26H2,1-2H3. The summed E-state index contributed by atoms with van der Waals surface area (Å²) in [5, 5.41) is 9.73. The molecule has 1 aromatic heterocycles. The van der Waals surface area contributed by atoms with Gasteiger partial charge in [0, 0.05) is 0 Å². The number of nitrogens with zero attached hydrogens (tertiary/aromatic N) is 1. The fourth-order valence-electron chi connectivity index (χ4n) is 3.51. The van der Waals surface area contributed by atoms with Crippen LogP contribution in [0.4, 0.5) is 0 Å². The van der Waals surface area contributed by atoms with Gasteiger partial charge in [-0.15, -0.1) is 0 Å². The van der Waals surface area contributed by atoms with E-state index in [0.29, 0.717) is 17.9 Å². The minimum Gasteiger partial charge on any atom is -0.489 e. The van der Waals surface area contributed by atoms with Gasteiger partial charge in [-0.25, -0.2) is 4.79 Å². The minimum atomic E-state index is -0.754. The number of ether oxygens (including phenoxy) is 3. The van der Waals surface area contributed by atoms with Crippen molar-refractivity contribution in [2.75, 3.05) is 7.11 Å². The fraction of sp³-hybridized carbons (Fsp3) is 0.167. The van der Waals surface area contributed by atoms with E-state index in [9.17, 15) is 10.1 Å². The van der Waals surface area contributed by atoms with Gasteiger partial charge in [0.05, 0.1) is 24.7 Å². The Bertz CT molecular complexity index is 1260.